The molecule has 2 aromatic rings. The van der Waals surface area contributed by atoms with Gasteiger partial charge in [-0.25, -0.2) is 4.99 Å². The van der Waals surface area contributed by atoms with Crippen molar-refractivity contribution in [3.8, 4) is 0 Å². The van der Waals surface area contributed by atoms with Gasteiger partial charge in [-0.05, 0) is 65.2 Å². The van der Waals surface area contributed by atoms with Crippen molar-refractivity contribution in [2.75, 3.05) is 32.7 Å². The molecule has 3 rings (SSSR count). The molecule has 6 heteroatoms. The van der Waals surface area contributed by atoms with Crippen LogP contribution < -0.4 is 10.6 Å². The fourth-order valence-corrected chi connectivity index (χ4v) is 3.54. The number of likely N-dealkylation sites (tertiary alicyclic amines) is 1. The van der Waals surface area contributed by atoms with Crippen molar-refractivity contribution in [1.82, 2.24) is 15.5 Å². The minimum Gasteiger partial charge on any atom is -0.459 e. The number of hydrogen-bond acceptors (Lipinski definition) is 3. The number of furan rings is 1. The maximum atomic E-state index is 5.96. The Morgan fingerprint density at radius 1 is 1.15 bits per heavy atom. The number of guanidine groups is 1. The highest BCUT2D eigenvalue weighted by atomic mass is 127. The first-order valence-electron chi connectivity index (χ1n) is 9.99. The van der Waals surface area contributed by atoms with Gasteiger partial charge in [0.2, 0.25) is 0 Å². The first kappa shape index (κ1) is 22.0. The Bertz CT molecular complexity index is 722. The molecule has 150 valence electrons. The molecule has 2 heterocycles. The molecule has 0 saturated carbocycles. The second kappa shape index (κ2) is 11.5. The van der Waals surface area contributed by atoms with Gasteiger partial charge >= 0.3 is 0 Å². The van der Waals surface area contributed by atoms with Crippen LogP contribution in [0, 0.1) is 6.92 Å². The first-order valence-corrected chi connectivity index (χ1v) is 9.99. The third-order valence-corrected chi connectivity index (χ3v) is 5.06. The van der Waals surface area contributed by atoms with Gasteiger partial charge in [0.25, 0.3) is 0 Å². The van der Waals surface area contributed by atoms with Gasteiger partial charge in [-0.1, -0.05) is 18.2 Å². The van der Waals surface area contributed by atoms with E-state index >= 15 is 0 Å². The quantitative estimate of drug-likeness (QED) is 0.254. The molecular weight excluding hydrogens is 451 g/mol. The van der Waals surface area contributed by atoms with E-state index in [4.69, 9.17) is 9.41 Å². The van der Waals surface area contributed by atoms with E-state index in [-0.39, 0.29) is 24.0 Å². The predicted octanol–water partition coefficient (Wildman–Crippen LogP) is 4.29. The van der Waals surface area contributed by atoms with Gasteiger partial charge in [0.1, 0.15) is 17.9 Å². The molecule has 2 N–H and O–H groups in total. The van der Waals surface area contributed by atoms with Crippen LogP contribution in [0.15, 0.2) is 33.7 Å². The normalized spacial score (nSPS) is 15.1. The molecule has 1 aliphatic rings. The monoisotopic (exact) mass is 484 g/mol. The summed E-state index contributed by atoms with van der Waals surface area (Å²) in [5.41, 5.74) is 2.13. The minimum atomic E-state index is 0. The summed E-state index contributed by atoms with van der Waals surface area (Å²) >= 11 is 0. The zero-order chi connectivity index (χ0) is 18.2. The van der Waals surface area contributed by atoms with Crippen LogP contribution in [0.5, 0.6) is 0 Å². The molecule has 0 spiro atoms. The summed E-state index contributed by atoms with van der Waals surface area (Å²) in [6, 6.07) is 8.17. The van der Waals surface area contributed by atoms with Gasteiger partial charge in [0.15, 0.2) is 5.96 Å². The molecule has 27 heavy (non-hydrogen) atoms. The minimum absolute atomic E-state index is 0. The van der Waals surface area contributed by atoms with Crippen LogP contribution in [-0.2, 0) is 6.54 Å². The van der Waals surface area contributed by atoms with Gasteiger partial charge in [0.05, 0.1) is 0 Å². The van der Waals surface area contributed by atoms with Crippen LogP contribution in [0.25, 0.3) is 11.0 Å². The van der Waals surface area contributed by atoms with Crippen molar-refractivity contribution in [1.29, 1.82) is 0 Å². The molecule has 0 unspecified atom stereocenters. The molecule has 0 bridgehead atoms. The lowest BCUT2D eigenvalue weighted by atomic mass is 10.1. The Morgan fingerprint density at radius 3 is 2.67 bits per heavy atom. The molecule has 0 radical (unpaired) electrons. The fraction of sp³-hybridized carbons (Fsp3) is 0.571. The van der Waals surface area contributed by atoms with Crippen LogP contribution >= 0.6 is 24.0 Å². The largest absolute Gasteiger partial charge is 0.459 e. The fourth-order valence-electron chi connectivity index (χ4n) is 3.54. The van der Waals surface area contributed by atoms with Gasteiger partial charge < -0.3 is 20.0 Å². The number of aliphatic imine (C=N–C) groups is 1. The number of nitrogens with one attached hydrogen (secondary N) is 2. The second-order valence-electron chi connectivity index (χ2n) is 7.02. The van der Waals surface area contributed by atoms with Crippen LogP contribution in [0.4, 0.5) is 0 Å². The number of benzene rings is 1. The highest BCUT2D eigenvalue weighted by molar-refractivity contribution is 14.0. The van der Waals surface area contributed by atoms with E-state index in [1.807, 2.05) is 18.2 Å². The van der Waals surface area contributed by atoms with E-state index in [0.29, 0.717) is 6.54 Å². The number of unbranched alkanes of at least 4 members (excludes halogenated alkanes) is 1. The molecule has 1 aromatic carbocycles. The molecule has 5 nitrogen and oxygen atoms in total. The summed E-state index contributed by atoms with van der Waals surface area (Å²) in [5.74, 6) is 1.81. The van der Waals surface area contributed by atoms with Gasteiger partial charge in [-0.2, -0.15) is 0 Å². The summed E-state index contributed by atoms with van der Waals surface area (Å²) in [4.78, 5) is 7.28. The van der Waals surface area contributed by atoms with E-state index in [2.05, 4.69) is 35.4 Å². The smallest absolute Gasteiger partial charge is 0.191 e. The average molecular weight is 484 g/mol. The van der Waals surface area contributed by atoms with Gasteiger partial charge in [-0.3, -0.25) is 0 Å². The van der Waals surface area contributed by atoms with E-state index < -0.39 is 0 Å². The van der Waals surface area contributed by atoms with Gasteiger partial charge in [0, 0.05) is 24.0 Å². The molecule has 1 saturated heterocycles. The molecule has 0 aliphatic carbocycles. The lowest BCUT2D eigenvalue weighted by molar-refractivity contribution is 0.330. The Hall–Kier alpha value is -1.28. The zero-order valence-corrected chi connectivity index (χ0v) is 18.9. The van der Waals surface area contributed by atoms with E-state index in [1.54, 1.807) is 0 Å². The van der Waals surface area contributed by atoms with Crippen molar-refractivity contribution in [3.63, 3.8) is 0 Å². The van der Waals surface area contributed by atoms with Crippen molar-refractivity contribution in [2.45, 2.75) is 46.1 Å². The summed E-state index contributed by atoms with van der Waals surface area (Å²) < 4.78 is 5.96. The number of aryl methyl sites for hydroxylation is 1. The third kappa shape index (κ3) is 6.38. The van der Waals surface area contributed by atoms with Crippen molar-refractivity contribution >= 4 is 40.9 Å². The number of nitrogens with zero attached hydrogens (tertiary/aromatic N) is 2. The zero-order valence-electron chi connectivity index (χ0n) is 16.6. The molecule has 1 aliphatic heterocycles. The van der Waals surface area contributed by atoms with Crippen LogP contribution in [0.2, 0.25) is 0 Å². The van der Waals surface area contributed by atoms with E-state index in [9.17, 15) is 0 Å². The highest BCUT2D eigenvalue weighted by Gasteiger charge is 2.11. The van der Waals surface area contributed by atoms with E-state index in [1.165, 1.54) is 56.3 Å². The lowest BCUT2D eigenvalue weighted by Crippen LogP contribution is -2.38. The Morgan fingerprint density at radius 2 is 1.93 bits per heavy atom. The summed E-state index contributed by atoms with van der Waals surface area (Å²) in [5, 5.41) is 7.95. The summed E-state index contributed by atoms with van der Waals surface area (Å²) in [6.07, 6.45) is 5.16. The summed E-state index contributed by atoms with van der Waals surface area (Å²) in [6.45, 7) is 10.4. The standard InChI is InChI=1S/C21H32N4O.HI/c1-3-22-21(23-12-6-7-13-25-14-8-9-15-25)24-16-20-17(2)18-10-4-5-11-19(18)26-20;/h4-5,10-11H,3,6-9,12-16H2,1-2H3,(H2,22,23,24);1H. The molecule has 1 aromatic heterocycles. The Kier molecular flexibility index (Phi) is 9.41. The number of hydrogen-bond donors (Lipinski definition) is 2. The second-order valence-corrected chi connectivity index (χ2v) is 7.02. The van der Waals surface area contributed by atoms with Crippen LogP contribution in [-0.4, -0.2) is 43.6 Å². The number of para-hydroxylation sites is 1. The Labute approximate surface area is 180 Å². The van der Waals surface area contributed by atoms with Crippen LogP contribution in [0.1, 0.15) is 43.9 Å². The molecular formula is C21H33IN4O. The Balaban J connectivity index is 0.00000261. The van der Waals surface area contributed by atoms with E-state index in [0.717, 1.165) is 30.4 Å². The third-order valence-electron chi connectivity index (χ3n) is 5.06. The van der Waals surface area contributed by atoms with Crippen LogP contribution in [0.3, 0.4) is 0 Å². The topological polar surface area (TPSA) is 52.8 Å². The molecule has 0 amide bonds. The van der Waals surface area contributed by atoms with Crippen molar-refractivity contribution < 1.29 is 4.42 Å². The van der Waals surface area contributed by atoms with Crippen molar-refractivity contribution in [3.05, 3.63) is 35.6 Å². The van der Waals surface area contributed by atoms with Crippen molar-refractivity contribution in [2.24, 2.45) is 4.99 Å². The molecule has 0 atom stereocenters. The number of fused-ring (bicyclic) bond motifs is 1. The summed E-state index contributed by atoms with van der Waals surface area (Å²) in [7, 11) is 0. The first-order chi connectivity index (χ1) is 12.8. The lowest BCUT2D eigenvalue weighted by Gasteiger charge is -2.15. The van der Waals surface area contributed by atoms with Gasteiger partial charge in [-0.15, -0.1) is 24.0 Å². The maximum Gasteiger partial charge on any atom is 0.191 e. The predicted molar refractivity (Wildman–Crippen MR) is 124 cm³/mol. The SMILES string of the molecule is CCNC(=NCc1oc2ccccc2c1C)NCCCCN1CCCC1.I. The number of halogens is 1. The number of rotatable bonds is 8. The maximum absolute atomic E-state index is 5.96. The highest BCUT2D eigenvalue weighted by Crippen LogP contribution is 2.25. The average Bonchev–Trinajstić information content (AvgIpc) is 3.28. The molecule has 1 fully saturated rings.